The fourth-order valence-electron chi connectivity index (χ4n) is 2.28. The lowest BCUT2D eigenvalue weighted by molar-refractivity contribution is 0.407. The topological polar surface area (TPSA) is 55.4 Å². The molecule has 124 valence electrons. The summed E-state index contributed by atoms with van der Waals surface area (Å²) in [5.41, 5.74) is 2.35. The maximum atomic E-state index is 12.7. The van der Waals surface area contributed by atoms with Gasteiger partial charge in [0, 0.05) is 3.57 Å². The van der Waals surface area contributed by atoms with Gasteiger partial charge in [0.1, 0.15) is 5.75 Å². The van der Waals surface area contributed by atoms with Crippen molar-refractivity contribution in [3.63, 3.8) is 0 Å². The van der Waals surface area contributed by atoms with E-state index in [-0.39, 0.29) is 10.8 Å². The lowest BCUT2D eigenvalue weighted by Crippen LogP contribution is -2.14. The van der Waals surface area contributed by atoms with Crippen LogP contribution in [0.4, 0.5) is 5.69 Å². The van der Waals surface area contributed by atoms with Gasteiger partial charge in [-0.05, 0) is 83.0 Å². The average molecular weight is 445 g/mol. The Hall–Kier alpha value is -1.28. The van der Waals surface area contributed by atoms with E-state index in [9.17, 15) is 8.42 Å². The van der Waals surface area contributed by atoms with Crippen molar-refractivity contribution >= 4 is 38.3 Å². The highest BCUT2D eigenvalue weighted by Crippen LogP contribution is 2.30. The van der Waals surface area contributed by atoms with Crippen molar-refractivity contribution in [2.24, 2.45) is 0 Å². The SMILES string of the molecule is COc1ccc(S(=O)(=O)Nc2ccc(I)cc2C)cc1C(C)C. The van der Waals surface area contributed by atoms with E-state index in [0.717, 1.165) is 14.7 Å². The summed E-state index contributed by atoms with van der Waals surface area (Å²) in [6, 6.07) is 10.5. The molecule has 0 bridgehead atoms. The second kappa shape index (κ2) is 7.09. The summed E-state index contributed by atoms with van der Waals surface area (Å²) in [4.78, 5) is 0.236. The van der Waals surface area contributed by atoms with Gasteiger partial charge in [-0.25, -0.2) is 8.42 Å². The van der Waals surface area contributed by atoms with Crippen LogP contribution in [0.15, 0.2) is 41.3 Å². The molecule has 0 aliphatic heterocycles. The number of anilines is 1. The fraction of sp³-hybridized carbons (Fsp3) is 0.294. The molecule has 0 aromatic heterocycles. The van der Waals surface area contributed by atoms with Crippen molar-refractivity contribution in [2.75, 3.05) is 11.8 Å². The zero-order valence-corrected chi connectivity index (χ0v) is 16.5. The largest absolute Gasteiger partial charge is 0.496 e. The molecule has 0 unspecified atom stereocenters. The van der Waals surface area contributed by atoms with Crippen LogP contribution in [0.2, 0.25) is 0 Å². The maximum Gasteiger partial charge on any atom is 0.261 e. The van der Waals surface area contributed by atoms with Gasteiger partial charge in [-0.3, -0.25) is 4.72 Å². The lowest BCUT2D eigenvalue weighted by Gasteiger charge is -2.15. The van der Waals surface area contributed by atoms with Crippen LogP contribution >= 0.6 is 22.6 Å². The fourth-order valence-corrected chi connectivity index (χ4v) is 4.09. The maximum absolute atomic E-state index is 12.7. The van der Waals surface area contributed by atoms with Gasteiger partial charge < -0.3 is 4.74 Å². The molecule has 2 aromatic rings. The predicted molar refractivity (Wildman–Crippen MR) is 102 cm³/mol. The quantitative estimate of drug-likeness (QED) is 0.689. The second-order valence-corrected chi connectivity index (χ2v) is 8.55. The lowest BCUT2D eigenvalue weighted by atomic mass is 10.0. The van der Waals surface area contributed by atoms with Crippen molar-refractivity contribution in [1.29, 1.82) is 0 Å². The van der Waals surface area contributed by atoms with Crippen molar-refractivity contribution in [3.05, 3.63) is 51.1 Å². The molecule has 4 nitrogen and oxygen atoms in total. The molecule has 1 N–H and O–H groups in total. The number of aryl methyl sites for hydroxylation is 1. The summed E-state index contributed by atoms with van der Waals surface area (Å²) >= 11 is 2.20. The first-order valence-corrected chi connectivity index (χ1v) is 9.77. The smallest absolute Gasteiger partial charge is 0.261 e. The molecule has 2 rings (SSSR count). The third-order valence-electron chi connectivity index (χ3n) is 3.57. The molecule has 0 radical (unpaired) electrons. The molecule has 0 heterocycles. The number of ether oxygens (including phenoxy) is 1. The first kappa shape index (κ1) is 18.1. The van der Waals surface area contributed by atoms with Crippen molar-refractivity contribution in [2.45, 2.75) is 31.6 Å². The Morgan fingerprint density at radius 1 is 1.13 bits per heavy atom. The Morgan fingerprint density at radius 2 is 1.83 bits per heavy atom. The van der Waals surface area contributed by atoms with Crippen LogP contribution in [0.5, 0.6) is 5.75 Å². The van der Waals surface area contributed by atoms with Crippen LogP contribution in [0.3, 0.4) is 0 Å². The predicted octanol–water partition coefficient (Wildman–Crippen LogP) is 4.53. The summed E-state index contributed by atoms with van der Waals surface area (Å²) in [7, 11) is -2.05. The van der Waals surface area contributed by atoms with E-state index in [1.165, 1.54) is 0 Å². The highest BCUT2D eigenvalue weighted by Gasteiger charge is 2.18. The minimum atomic E-state index is -3.64. The summed E-state index contributed by atoms with van der Waals surface area (Å²) in [5, 5.41) is 0. The number of nitrogens with one attached hydrogen (secondary N) is 1. The molecule has 0 fully saturated rings. The van der Waals surface area contributed by atoms with E-state index < -0.39 is 10.0 Å². The minimum absolute atomic E-state index is 0.167. The highest BCUT2D eigenvalue weighted by atomic mass is 127. The molecule has 2 aromatic carbocycles. The van der Waals surface area contributed by atoms with Crippen LogP contribution in [0, 0.1) is 10.5 Å². The standard InChI is InChI=1S/C17H20INO3S/c1-11(2)15-10-14(6-8-17(15)22-4)23(20,21)19-16-7-5-13(18)9-12(16)3/h5-11,19H,1-4H3. The van der Waals surface area contributed by atoms with Crippen molar-refractivity contribution in [1.82, 2.24) is 0 Å². The monoisotopic (exact) mass is 445 g/mol. The first-order chi connectivity index (χ1) is 10.7. The summed E-state index contributed by atoms with van der Waals surface area (Å²) < 4.78 is 34.4. The molecular weight excluding hydrogens is 425 g/mol. The Bertz CT molecular complexity index is 817. The van der Waals surface area contributed by atoms with Crippen LogP contribution in [-0.4, -0.2) is 15.5 Å². The van der Waals surface area contributed by atoms with Crippen LogP contribution < -0.4 is 9.46 Å². The molecule has 0 saturated heterocycles. The zero-order valence-electron chi connectivity index (χ0n) is 13.6. The van der Waals surface area contributed by atoms with Gasteiger partial charge in [0.05, 0.1) is 17.7 Å². The number of sulfonamides is 1. The number of hydrogen-bond donors (Lipinski definition) is 1. The van der Waals surface area contributed by atoms with E-state index in [2.05, 4.69) is 27.3 Å². The molecule has 0 aliphatic rings. The van der Waals surface area contributed by atoms with Gasteiger partial charge in [-0.1, -0.05) is 13.8 Å². The Kier molecular flexibility index (Phi) is 5.57. The summed E-state index contributed by atoms with van der Waals surface area (Å²) in [6.45, 7) is 5.89. The Labute approximate surface area is 151 Å². The van der Waals surface area contributed by atoms with Crippen LogP contribution in [0.25, 0.3) is 0 Å². The molecule has 0 atom stereocenters. The molecular formula is C17H20INO3S. The van der Waals surface area contributed by atoms with Crippen LogP contribution in [-0.2, 0) is 10.0 Å². The first-order valence-electron chi connectivity index (χ1n) is 7.21. The molecule has 6 heteroatoms. The second-order valence-electron chi connectivity index (χ2n) is 5.62. The minimum Gasteiger partial charge on any atom is -0.496 e. The summed E-state index contributed by atoms with van der Waals surface area (Å²) in [5.74, 6) is 0.865. The van der Waals surface area contributed by atoms with Gasteiger partial charge in [-0.15, -0.1) is 0 Å². The molecule has 23 heavy (non-hydrogen) atoms. The van der Waals surface area contributed by atoms with E-state index in [0.29, 0.717) is 11.4 Å². The Balaban J connectivity index is 2.41. The van der Waals surface area contributed by atoms with E-state index in [4.69, 9.17) is 4.74 Å². The number of rotatable bonds is 5. The number of hydrogen-bond acceptors (Lipinski definition) is 3. The van der Waals surface area contributed by atoms with Gasteiger partial charge in [0.15, 0.2) is 0 Å². The Morgan fingerprint density at radius 3 is 2.39 bits per heavy atom. The average Bonchev–Trinajstić information content (AvgIpc) is 2.49. The van der Waals surface area contributed by atoms with E-state index in [1.54, 1.807) is 31.4 Å². The molecule has 0 saturated carbocycles. The van der Waals surface area contributed by atoms with E-state index in [1.807, 2.05) is 32.9 Å². The number of methoxy groups -OCH3 is 1. The van der Waals surface area contributed by atoms with Gasteiger partial charge >= 0.3 is 0 Å². The molecule has 0 aliphatic carbocycles. The van der Waals surface area contributed by atoms with Gasteiger partial charge in [-0.2, -0.15) is 0 Å². The zero-order chi connectivity index (χ0) is 17.2. The highest BCUT2D eigenvalue weighted by molar-refractivity contribution is 14.1. The van der Waals surface area contributed by atoms with Crippen LogP contribution in [0.1, 0.15) is 30.9 Å². The number of halogens is 1. The van der Waals surface area contributed by atoms with Gasteiger partial charge in [0.25, 0.3) is 10.0 Å². The third-order valence-corrected chi connectivity index (χ3v) is 5.60. The molecule has 0 amide bonds. The van der Waals surface area contributed by atoms with Gasteiger partial charge in [0.2, 0.25) is 0 Å². The van der Waals surface area contributed by atoms with E-state index >= 15 is 0 Å². The summed E-state index contributed by atoms with van der Waals surface area (Å²) in [6.07, 6.45) is 0. The number of benzene rings is 2. The third kappa shape index (κ3) is 4.17. The van der Waals surface area contributed by atoms with Crippen molar-refractivity contribution in [3.8, 4) is 5.75 Å². The normalized spacial score (nSPS) is 11.6. The van der Waals surface area contributed by atoms with Crippen molar-refractivity contribution < 1.29 is 13.2 Å². The molecule has 0 spiro atoms.